The van der Waals surface area contributed by atoms with E-state index in [-0.39, 0.29) is 6.03 Å². The zero-order valence-corrected chi connectivity index (χ0v) is 14.4. The van der Waals surface area contributed by atoms with Crippen molar-refractivity contribution < 1.29 is 4.79 Å². The second-order valence-electron chi connectivity index (χ2n) is 7.23. The van der Waals surface area contributed by atoms with Gasteiger partial charge < -0.3 is 10.6 Å². The van der Waals surface area contributed by atoms with E-state index in [4.69, 9.17) is 0 Å². The minimum atomic E-state index is -0.0676. The normalized spacial score (nSPS) is 23.2. The molecule has 2 aliphatic rings. The summed E-state index contributed by atoms with van der Waals surface area (Å²) in [6.45, 7) is 0.490. The Balaban J connectivity index is 1.21. The van der Waals surface area contributed by atoms with Crippen molar-refractivity contribution in [1.82, 2.24) is 25.2 Å². The molecule has 2 aromatic heterocycles. The smallest absolute Gasteiger partial charge is 0.315 e. The number of nitrogens with zero attached hydrogens (tertiary/aromatic N) is 3. The Hall–Kier alpha value is -2.37. The number of hydrogen-bond donors (Lipinski definition) is 2. The SMILES string of the molecule is O=C(NCc1ccc(-n2ccnc2)nc1)N[C@H]1C[C@H]1C1CCCCC1. The van der Waals surface area contributed by atoms with Gasteiger partial charge in [-0.05, 0) is 29.9 Å². The predicted octanol–water partition coefficient (Wildman–Crippen LogP) is 3.04. The fourth-order valence-corrected chi connectivity index (χ4v) is 3.93. The second kappa shape index (κ2) is 7.25. The summed E-state index contributed by atoms with van der Waals surface area (Å²) in [4.78, 5) is 20.5. The Kier molecular flexibility index (Phi) is 4.68. The molecule has 2 aliphatic carbocycles. The quantitative estimate of drug-likeness (QED) is 0.879. The van der Waals surface area contributed by atoms with Crippen LogP contribution >= 0.6 is 0 Å². The van der Waals surface area contributed by atoms with E-state index >= 15 is 0 Å². The third kappa shape index (κ3) is 4.00. The Morgan fingerprint density at radius 2 is 2.12 bits per heavy atom. The van der Waals surface area contributed by atoms with Gasteiger partial charge in [0.2, 0.25) is 0 Å². The summed E-state index contributed by atoms with van der Waals surface area (Å²) in [6.07, 6.45) is 15.0. The summed E-state index contributed by atoms with van der Waals surface area (Å²) in [5.41, 5.74) is 0.985. The van der Waals surface area contributed by atoms with Crippen molar-refractivity contribution in [3.8, 4) is 5.82 Å². The van der Waals surface area contributed by atoms with Crippen molar-refractivity contribution in [2.75, 3.05) is 0 Å². The molecule has 2 amide bonds. The molecule has 0 saturated heterocycles. The van der Waals surface area contributed by atoms with Gasteiger partial charge in [-0.3, -0.25) is 4.57 Å². The molecular formula is C19H25N5O. The van der Waals surface area contributed by atoms with E-state index in [9.17, 15) is 4.79 Å². The monoisotopic (exact) mass is 339 g/mol. The molecule has 0 aliphatic heterocycles. The largest absolute Gasteiger partial charge is 0.335 e. The number of carbonyl (C=O) groups is 1. The van der Waals surface area contributed by atoms with Crippen LogP contribution in [0.4, 0.5) is 4.79 Å². The highest BCUT2D eigenvalue weighted by molar-refractivity contribution is 5.74. The molecule has 4 rings (SSSR count). The van der Waals surface area contributed by atoms with Crippen LogP contribution in [0.5, 0.6) is 0 Å². The highest BCUT2D eigenvalue weighted by Crippen LogP contribution is 2.44. The summed E-state index contributed by atoms with van der Waals surface area (Å²) < 4.78 is 1.85. The van der Waals surface area contributed by atoms with Crippen LogP contribution in [0.3, 0.4) is 0 Å². The molecule has 2 fully saturated rings. The number of hydrogen-bond acceptors (Lipinski definition) is 3. The first kappa shape index (κ1) is 16.1. The molecular weight excluding hydrogens is 314 g/mol. The minimum Gasteiger partial charge on any atom is -0.335 e. The van der Waals surface area contributed by atoms with Crippen molar-refractivity contribution in [3.05, 3.63) is 42.6 Å². The van der Waals surface area contributed by atoms with E-state index < -0.39 is 0 Å². The molecule has 0 spiro atoms. The second-order valence-corrected chi connectivity index (χ2v) is 7.23. The number of urea groups is 1. The average Bonchev–Trinajstić information content (AvgIpc) is 3.19. The van der Waals surface area contributed by atoms with Crippen LogP contribution in [0.2, 0.25) is 0 Å². The molecule has 0 bridgehead atoms. The maximum atomic E-state index is 12.1. The lowest BCUT2D eigenvalue weighted by atomic mass is 9.85. The third-order valence-corrected chi connectivity index (χ3v) is 5.44. The first-order chi connectivity index (χ1) is 12.3. The van der Waals surface area contributed by atoms with Crippen LogP contribution in [0.15, 0.2) is 37.1 Å². The first-order valence-corrected chi connectivity index (χ1v) is 9.27. The van der Waals surface area contributed by atoms with Gasteiger partial charge in [-0.25, -0.2) is 14.8 Å². The lowest BCUT2D eigenvalue weighted by Crippen LogP contribution is -2.37. The fraction of sp³-hybridized carbons (Fsp3) is 0.526. The van der Waals surface area contributed by atoms with Gasteiger partial charge in [0, 0.05) is 31.2 Å². The average molecular weight is 339 g/mol. The van der Waals surface area contributed by atoms with Gasteiger partial charge in [0.25, 0.3) is 0 Å². The predicted molar refractivity (Wildman–Crippen MR) is 95.2 cm³/mol. The van der Waals surface area contributed by atoms with Gasteiger partial charge in [0.05, 0.1) is 0 Å². The van der Waals surface area contributed by atoms with E-state index in [1.165, 1.54) is 32.1 Å². The molecule has 6 nitrogen and oxygen atoms in total. The Morgan fingerprint density at radius 1 is 1.24 bits per heavy atom. The van der Waals surface area contributed by atoms with Crippen molar-refractivity contribution in [3.63, 3.8) is 0 Å². The van der Waals surface area contributed by atoms with Crippen LogP contribution in [-0.4, -0.2) is 26.6 Å². The number of imidazole rings is 1. The summed E-state index contributed by atoms with van der Waals surface area (Å²) in [5.74, 6) is 2.36. The van der Waals surface area contributed by atoms with Crippen LogP contribution in [0.25, 0.3) is 5.82 Å². The summed E-state index contributed by atoms with van der Waals surface area (Å²) in [7, 11) is 0. The van der Waals surface area contributed by atoms with Crippen LogP contribution in [0.1, 0.15) is 44.1 Å². The minimum absolute atomic E-state index is 0.0676. The Labute approximate surface area is 148 Å². The molecule has 2 saturated carbocycles. The van der Waals surface area contributed by atoms with E-state index in [1.807, 2.05) is 22.9 Å². The standard InChI is InChI=1S/C19H25N5O/c25-19(23-17-10-16(17)15-4-2-1-3-5-15)22-12-14-6-7-18(21-11-14)24-9-8-20-13-24/h6-9,11,13,15-17H,1-5,10,12H2,(H2,22,23,25)/t16-,17-/m0/s1. The van der Waals surface area contributed by atoms with Gasteiger partial charge in [-0.1, -0.05) is 38.2 Å². The Bertz CT molecular complexity index is 691. The molecule has 0 unspecified atom stereocenters. The first-order valence-electron chi connectivity index (χ1n) is 9.27. The van der Waals surface area contributed by atoms with Gasteiger partial charge in [0.15, 0.2) is 0 Å². The van der Waals surface area contributed by atoms with Gasteiger partial charge in [0.1, 0.15) is 12.1 Å². The zero-order chi connectivity index (χ0) is 17.1. The topological polar surface area (TPSA) is 71.8 Å². The number of aromatic nitrogens is 3. The summed E-state index contributed by atoms with van der Waals surface area (Å²) in [6, 6.07) is 4.22. The number of rotatable bonds is 5. The number of nitrogens with one attached hydrogen (secondary N) is 2. The summed E-state index contributed by atoms with van der Waals surface area (Å²) in [5, 5.41) is 6.06. The lowest BCUT2D eigenvalue weighted by Gasteiger charge is -2.21. The lowest BCUT2D eigenvalue weighted by molar-refractivity contribution is 0.237. The van der Waals surface area contributed by atoms with Crippen molar-refractivity contribution in [2.45, 2.75) is 51.1 Å². The third-order valence-electron chi connectivity index (χ3n) is 5.44. The van der Waals surface area contributed by atoms with E-state index in [0.29, 0.717) is 18.5 Å². The van der Waals surface area contributed by atoms with Gasteiger partial charge in [-0.2, -0.15) is 0 Å². The molecule has 2 aromatic rings. The zero-order valence-electron chi connectivity index (χ0n) is 14.4. The van der Waals surface area contributed by atoms with E-state index in [1.54, 1.807) is 18.7 Å². The van der Waals surface area contributed by atoms with Crippen LogP contribution < -0.4 is 10.6 Å². The Morgan fingerprint density at radius 3 is 2.84 bits per heavy atom. The molecule has 2 N–H and O–H groups in total. The van der Waals surface area contributed by atoms with E-state index in [2.05, 4.69) is 20.6 Å². The fourth-order valence-electron chi connectivity index (χ4n) is 3.93. The van der Waals surface area contributed by atoms with E-state index in [0.717, 1.165) is 23.7 Å². The molecule has 2 heterocycles. The number of carbonyl (C=O) groups excluding carboxylic acids is 1. The maximum Gasteiger partial charge on any atom is 0.315 e. The molecule has 132 valence electrons. The molecule has 0 aromatic carbocycles. The van der Waals surface area contributed by atoms with Crippen molar-refractivity contribution in [1.29, 1.82) is 0 Å². The molecule has 0 radical (unpaired) electrons. The maximum absolute atomic E-state index is 12.1. The van der Waals surface area contributed by atoms with Crippen LogP contribution in [0, 0.1) is 11.8 Å². The molecule has 2 atom stereocenters. The van der Waals surface area contributed by atoms with Gasteiger partial charge in [-0.15, -0.1) is 0 Å². The highest BCUT2D eigenvalue weighted by Gasteiger charge is 2.43. The summed E-state index contributed by atoms with van der Waals surface area (Å²) >= 11 is 0. The number of pyridine rings is 1. The molecule has 6 heteroatoms. The van der Waals surface area contributed by atoms with Crippen LogP contribution in [-0.2, 0) is 6.54 Å². The molecule has 25 heavy (non-hydrogen) atoms. The van der Waals surface area contributed by atoms with Gasteiger partial charge >= 0.3 is 6.03 Å². The highest BCUT2D eigenvalue weighted by atomic mass is 16.2. The number of amides is 2. The van der Waals surface area contributed by atoms with Crippen molar-refractivity contribution >= 4 is 6.03 Å². The van der Waals surface area contributed by atoms with Crippen molar-refractivity contribution in [2.24, 2.45) is 11.8 Å².